The van der Waals surface area contributed by atoms with E-state index in [1.807, 2.05) is 6.07 Å². The Morgan fingerprint density at radius 1 is 1.15 bits per heavy atom. The average molecular weight is 352 g/mol. The number of rotatable bonds is 6. The highest BCUT2D eigenvalue weighted by molar-refractivity contribution is 6.46. The zero-order valence-corrected chi connectivity index (χ0v) is 14.5. The number of hydrogen-bond acceptors (Lipinski definition) is 5. The van der Waals surface area contributed by atoms with E-state index in [2.05, 4.69) is 4.98 Å². The molecule has 1 N–H and O–H groups in total. The first-order chi connectivity index (χ1) is 12.6. The van der Waals surface area contributed by atoms with Gasteiger partial charge in [-0.05, 0) is 18.6 Å². The molecule has 134 valence electrons. The third-order valence-electron chi connectivity index (χ3n) is 4.30. The number of ketones is 1. The summed E-state index contributed by atoms with van der Waals surface area (Å²) >= 11 is 0. The SMILES string of the molecule is COCCCN1C(=O)C(=O)/C(=C(\O)c2ccccc2)C1c1ccccn1. The summed E-state index contributed by atoms with van der Waals surface area (Å²) in [5.41, 5.74) is 1.10. The van der Waals surface area contributed by atoms with E-state index in [1.165, 1.54) is 4.90 Å². The maximum Gasteiger partial charge on any atom is 0.295 e. The molecule has 6 nitrogen and oxygen atoms in total. The van der Waals surface area contributed by atoms with Gasteiger partial charge in [-0.1, -0.05) is 36.4 Å². The molecule has 0 radical (unpaired) electrons. The molecule has 1 aliphatic heterocycles. The van der Waals surface area contributed by atoms with Crippen LogP contribution in [0.5, 0.6) is 0 Å². The lowest BCUT2D eigenvalue weighted by molar-refractivity contribution is -0.140. The van der Waals surface area contributed by atoms with Crippen LogP contribution in [-0.2, 0) is 14.3 Å². The van der Waals surface area contributed by atoms with Crippen molar-refractivity contribution in [1.29, 1.82) is 0 Å². The van der Waals surface area contributed by atoms with E-state index < -0.39 is 17.7 Å². The molecule has 3 rings (SSSR count). The van der Waals surface area contributed by atoms with Crippen LogP contribution in [0.4, 0.5) is 0 Å². The summed E-state index contributed by atoms with van der Waals surface area (Å²) in [5, 5.41) is 10.8. The van der Waals surface area contributed by atoms with Crippen molar-refractivity contribution in [3.63, 3.8) is 0 Å². The summed E-state index contributed by atoms with van der Waals surface area (Å²) in [6.07, 6.45) is 2.19. The molecule has 0 aliphatic carbocycles. The lowest BCUT2D eigenvalue weighted by Gasteiger charge is -2.24. The highest BCUT2D eigenvalue weighted by Gasteiger charge is 2.46. The molecule has 2 heterocycles. The first-order valence-electron chi connectivity index (χ1n) is 8.39. The third-order valence-corrected chi connectivity index (χ3v) is 4.30. The van der Waals surface area contributed by atoms with Crippen molar-refractivity contribution in [2.75, 3.05) is 20.3 Å². The number of aliphatic hydroxyl groups excluding tert-OH is 1. The van der Waals surface area contributed by atoms with Gasteiger partial charge in [-0.3, -0.25) is 14.6 Å². The van der Waals surface area contributed by atoms with Crippen molar-refractivity contribution in [1.82, 2.24) is 9.88 Å². The van der Waals surface area contributed by atoms with Gasteiger partial charge in [-0.15, -0.1) is 0 Å². The number of benzene rings is 1. The number of likely N-dealkylation sites (tertiary alicyclic amines) is 1. The van der Waals surface area contributed by atoms with Gasteiger partial charge in [0, 0.05) is 32.0 Å². The van der Waals surface area contributed by atoms with E-state index in [0.717, 1.165) is 0 Å². The van der Waals surface area contributed by atoms with Crippen molar-refractivity contribution in [2.45, 2.75) is 12.5 Å². The van der Waals surface area contributed by atoms with Crippen LogP contribution in [0.15, 0.2) is 60.3 Å². The number of ether oxygens (including phenoxy) is 1. The van der Waals surface area contributed by atoms with Crippen LogP contribution in [0.2, 0.25) is 0 Å². The van der Waals surface area contributed by atoms with Crippen molar-refractivity contribution in [3.05, 3.63) is 71.6 Å². The molecule has 0 bridgehead atoms. The fourth-order valence-corrected chi connectivity index (χ4v) is 3.09. The second-order valence-electron chi connectivity index (χ2n) is 5.96. The van der Waals surface area contributed by atoms with Crippen molar-refractivity contribution in [2.24, 2.45) is 0 Å². The van der Waals surface area contributed by atoms with Gasteiger partial charge in [0.1, 0.15) is 11.8 Å². The number of hydrogen-bond donors (Lipinski definition) is 1. The molecular weight excluding hydrogens is 332 g/mol. The summed E-state index contributed by atoms with van der Waals surface area (Å²) in [6, 6.07) is 13.3. The van der Waals surface area contributed by atoms with Crippen LogP contribution in [0.25, 0.3) is 5.76 Å². The second kappa shape index (κ2) is 7.93. The quantitative estimate of drug-likeness (QED) is 0.374. The standard InChI is InChI=1S/C20H20N2O4/c1-26-13-7-12-22-17(15-10-5-6-11-21-15)16(19(24)20(22)25)18(23)14-8-3-2-4-9-14/h2-6,8-11,17,23H,7,12-13H2,1H3/b18-16-. The lowest BCUT2D eigenvalue weighted by atomic mass is 9.98. The van der Waals surface area contributed by atoms with Gasteiger partial charge < -0.3 is 14.7 Å². The Hall–Kier alpha value is -2.99. The number of Topliss-reactive ketones (excluding diaryl/α,β-unsaturated/α-hetero) is 1. The minimum absolute atomic E-state index is 0.0670. The molecule has 0 saturated carbocycles. The van der Waals surface area contributed by atoms with E-state index in [9.17, 15) is 14.7 Å². The van der Waals surface area contributed by atoms with Crippen LogP contribution < -0.4 is 0 Å². The zero-order valence-electron chi connectivity index (χ0n) is 14.5. The maximum absolute atomic E-state index is 12.7. The molecule has 1 aromatic carbocycles. The normalized spacial score (nSPS) is 19.1. The molecule has 6 heteroatoms. The largest absolute Gasteiger partial charge is 0.507 e. The van der Waals surface area contributed by atoms with E-state index in [-0.39, 0.29) is 11.3 Å². The molecule has 1 aliphatic rings. The lowest BCUT2D eigenvalue weighted by Crippen LogP contribution is -2.31. The minimum Gasteiger partial charge on any atom is -0.507 e. The zero-order chi connectivity index (χ0) is 18.5. The van der Waals surface area contributed by atoms with Crippen LogP contribution in [0, 0.1) is 0 Å². The molecule has 1 amide bonds. The molecule has 1 saturated heterocycles. The van der Waals surface area contributed by atoms with Gasteiger partial charge in [-0.2, -0.15) is 0 Å². The number of aromatic nitrogens is 1. The molecule has 1 aromatic heterocycles. The average Bonchev–Trinajstić information content (AvgIpc) is 2.94. The molecule has 2 aromatic rings. The predicted octanol–water partition coefficient (Wildman–Crippen LogP) is 2.54. The molecule has 0 spiro atoms. The van der Waals surface area contributed by atoms with Crippen molar-refractivity contribution in [3.8, 4) is 0 Å². The highest BCUT2D eigenvalue weighted by atomic mass is 16.5. The monoisotopic (exact) mass is 352 g/mol. The van der Waals surface area contributed by atoms with Crippen LogP contribution in [0.3, 0.4) is 0 Å². The van der Waals surface area contributed by atoms with E-state index >= 15 is 0 Å². The van der Waals surface area contributed by atoms with Gasteiger partial charge in [-0.25, -0.2) is 0 Å². The van der Waals surface area contributed by atoms with Gasteiger partial charge in [0.05, 0.1) is 11.3 Å². The molecular formula is C20H20N2O4. The Morgan fingerprint density at radius 3 is 2.54 bits per heavy atom. The van der Waals surface area contributed by atoms with Gasteiger partial charge in [0.2, 0.25) is 0 Å². The molecule has 1 atom stereocenters. The number of amides is 1. The molecule has 1 unspecified atom stereocenters. The third kappa shape index (κ3) is 3.36. The van der Waals surface area contributed by atoms with Crippen molar-refractivity contribution >= 4 is 17.4 Å². The van der Waals surface area contributed by atoms with Gasteiger partial charge in [0.15, 0.2) is 0 Å². The summed E-state index contributed by atoms with van der Waals surface area (Å²) < 4.78 is 5.05. The van der Waals surface area contributed by atoms with Crippen molar-refractivity contribution < 1.29 is 19.4 Å². The highest BCUT2D eigenvalue weighted by Crippen LogP contribution is 2.38. The second-order valence-corrected chi connectivity index (χ2v) is 5.96. The summed E-state index contributed by atoms with van der Waals surface area (Å²) in [6.45, 7) is 0.807. The fraction of sp³-hybridized carbons (Fsp3) is 0.250. The Bertz CT molecular complexity index is 818. The molecule has 26 heavy (non-hydrogen) atoms. The van der Waals surface area contributed by atoms with Gasteiger partial charge >= 0.3 is 0 Å². The van der Waals surface area contributed by atoms with E-state index in [1.54, 1.807) is 55.8 Å². The van der Waals surface area contributed by atoms with E-state index in [4.69, 9.17) is 4.74 Å². The Morgan fingerprint density at radius 2 is 1.88 bits per heavy atom. The first kappa shape index (κ1) is 17.8. The summed E-state index contributed by atoms with van der Waals surface area (Å²) in [5.74, 6) is -1.51. The topological polar surface area (TPSA) is 79.7 Å². The number of pyridine rings is 1. The van der Waals surface area contributed by atoms with Crippen LogP contribution in [0.1, 0.15) is 23.7 Å². The number of methoxy groups -OCH3 is 1. The Balaban J connectivity index is 2.09. The Kier molecular flexibility index (Phi) is 5.43. The predicted molar refractivity (Wildman–Crippen MR) is 96.2 cm³/mol. The Labute approximate surface area is 151 Å². The van der Waals surface area contributed by atoms with E-state index in [0.29, 0.717) is 30.8 Å². The fourth-order valence-electron chi connectivity index (χ4n) is 3.09. The van der Waals surface area contributed by atoms with Crippen LogP contribution >= 0.6 is 0 Å². The number of carbonyl (C=O) groups is 2. The smallest absolute Gasteiger partial charge is 0.295 e. The number of aliphatic hydroxyl groups is 1. The summed E-state index contributed by atoms with van der Waals surface area (Å²) in [7, 11) is 1.58. The number of carbonyl (C=O) groups excluding carboxylic acids is 2. The summed E-state index contributed by atoms with van der Waals surface area (Å²) in [4.78, 5) is 31.0. The van der Waals surface area contributed by atoms with Gasteiger partial charge in [0.25, 0.3) is 11.7 Å². The first-order valence-corrected chi connectivity index (χ1v) is 8.39. The number of nitrogens with zero attached hydrogens (tertiary/aromatic N) is 2. The minimum atomic E-state index is -0.715. The maximum atomic E-state index is 12.7. The van der Waals surface area contributed by atoms with Crippen LogP contribution in [-0.4, -0.2) is 46.9 Å². The molecule has 1 fully saturated rings.